The van der Waals surface area contributed by atoms with E-state index in [1.165, 1.54) is 26.7 Å². The Balaban J connectivity index is 1.37. The third-order valence-corrected chi connectivity index (χ3v) is 15.1. The fourth-order valence-corrected chi connectivity index (χ4v) is 13.2. The maximum atomic E-state index is 15.3. The zero-order chi connectivity index (χ0) is 40.9. The summed E-state index contributed by atoms with van der Waals surface area (Å²) in [5.74, 6) is -1.20. The highest BCUT2D eigenvalue weighted by Crippen LogP contribution is 2.68. The molecule has 5 aliphatic heterocycles. The lowest BCUT2D eigenvalue weighted by Gasteiger charge is -2.63. The number of nitrogens with one attached hydrogen (secondary N) is 1. The normalized spacial score (nSPS) is 35.6. The van der Waals surface area contributed by atoms with Gasteiger partial charge in [0.05, 0.1) is 27.4 Å². The number of likely N-dealkylation sites (N-methyl/N-ethyl adjacent to an activating group) is 1. The summed E-state index contributed by atoms with van der Waals surface area (Å²) in [6.45, 7) is 9.38. The molecule has 9 atom stereocenters. The minimum absolute atomic E-state index is 0.115. The number of aromatic amines is 1. The Morgan fingerprint density at radius 2 is 1.81 bits per heavy atom. The van der Waals surface area contributed by atoms with Crippen LogP contribution in [0, 0.1) is 11.3 Å². The zero-order valence-electron chi connectivity index (χ0n) is 34.7. The summed E-state index contributed by atoms with van der Waals surface area (Å²) < 4.78 is 24.0. The van der Waals surface area contributed by atoms with E-state index in [0.29, 0.717) is 43.7 Å². The number of piperidine rings is 1. The number of benzene rings is 2. The number of ether oxygens (including phenoxy) is 4. The average molecular weight is 793 g/mol. The molecule has 1 aliphatic carbocycles. The van der Waals surface area contributed by atoms with Crippen LogP contribution >= 0.6 is 0 Å². The maximum Gasteiger partial charge on any atom is 0.344 e. The van der Waals surface area contributed by atoms with Crippen LogP contribution in [0.1, 0.15) is 68.8 Å². The number of allylic oxidation sites excluding steroid dienone is 1. The van der Waals surface area contributed by atoms with Gasteiger partial charge in [-0.1, -0.05) is 48.9 Å². The number of anilines is 1. The molecule has 1 spiro atoms. The van der Waals surface area contributed by atoms with Gasteiger partial charge in [0.1, 0.15) is 11.2 Å². The molecule has 308 valence electrons. The average Bonchev–Trinajstić information content (AvgIpc) is 3.89. The lowest BCUT2D eigenvalue weighted by atomic mass is 9.47. The minimum Gasteiger partial charge on any atom is -0.496 e. The number of rotatable bonds is 6. The number of fused-ring (bicyclic) bond motifs is 6. The van der Waals surface area contributed by atoms with E-state index in [1.807, 2.05) is 37.1 Å². The molecule has 6 heterocycles. The maximum absolute atomic E-state index is 15.3. The molecule has 3 unspecified atom stereocenters. The van der Waals surface area contributed by atoms with Gasteiger partial charge in [-0.3, -0.25) is 19.4 Å². The predicted molar refractivity (Wildman–Crippen MR) is 219 cm³/mol. The van der Waals surface area contributed by atoms with Crippen molar-refractivity contribution in [1.82, 2.24) is 14.8 Å². The molecule has 12 heteroatoms. The molecule has 58 heavy (non-hydrogen) atoms. The Labute approximate surface area is 340 Å². The second-order valence-corrected chi connectivity index (χ2v) is 17.6. The van der Waals surface area contributed by atoms with E-state index in [2.05, 4.69) is 58.1 Å². The first-order valence-electron chi connectivity index (χ1n) is 20.8. The van der Waals surface area contributed by atoms with Crippen molar-refractivity contribution in [3.05, 3.63) is 82.6 Å². The van der Waals surface area contributed by atoms with Gasteiger partial charge in [-0.2, -0.15) is 0 Å². The quantitative estimate of drug-likeness (QED) is 0.203. The van der Waals surface area contributed by atoms with Crippen LogP contribution in [0.5, 0.6) is 5.75 Å². The first kappa shape index (κ1) is 38.8. The number of hydrogen-bond acceptors (Lipinski definition) is 11. The van der Waals surface area contributed by atoms with E-state index in [4.69, 9.17) is 18.9 Å². The monoisotopic (exact) mass is 792 g/mol. The number of para-hydroxylation sites is 1. The second kappa shape index (κ2) is 13.7. The summed E-state index contributed by atoms with van der Waals surface area (Å²) in [6, 6.07) is 11.2. The molecule has 12 nitrogen and oxygen atoms in total. The van der Waals surface area contributed by atoms with Gasteiger partial charge >= 0.3 is 17.9 Å². The van der Waals surface area contributed by atoms with Crippen molar-refractivity contribution in [1.29, 1.82) is 0 Å². The summed E-state index contributed by atoms with van der Waals surface area (Å²) in [5.41, 5.74) is 1.16. The van der Waals surface area contributed by atoms with Crippen LogP contribution in [-0.2, 0) is 45.8 Å². The van der Waals surface area contributed by atoms with Gasteiger partial charge in [0, 0.05) is 90.9 Å². The lowest BCUT2D eigenvalue weighted by molar-refractivity contribution is -0.228. The molecule has 0 amide bonds. The number of methoxy groups -OCH3 is 3. The summed E-state index contributed by atoms with van der Waals surface area (Å²) in [4.78, 5) is 53.4. The van der Waals surface area contributed by atoms with Crippen molar-refractivity contribution in [3.8, 4) is 5.75 Å². The Bertz CT molecular complexity index is 2270. The number of carbonyl (C=O) groups is 3. The fourth-order valence-electron chi connectivity index (χ4n) is 13.2. The van der Waals surface area contributed by atoms with Crippen LogP contribution in [0.15, 0.2) is 60.2 Å². The van der Waals surface area contributed by atoms with Gasteiger partial charge < -0.3 is 33.9 Å². The highest BCUT2D eigenvalue weighted by molar-refractivity contribution is 5.95. The Morgan fingerprint density at radius 3 is 2.52 bits per heavy atom. The number of nitrogens with zero attached hydrogens (tertiary/aromatic N) is 3. The molecule has 2 N–H and O–H groups in total. The molecule has 2 bridgehead atoms. The number of H-pyrrole nitrogens is 1. The smallest absolute Gasteiger partial charge is 0.344 e. The highest BCUT2D eigenvalue weighted by atomic mass is 16.6. The summed E-state index contributed by atoms with van der Waals surface area (Å²) in [5, 5.41) is 14.4. The zero-order valence-corrected chi connectivity index (χ0v) is 34.7. The van der Waals surface area contributed by atoms with Crippen molar-refractivity contribution in [2.75, 3.05) is 66.0 Å². The molecule has 6 aliphatic rings. The summed E-state index contributed by atoms with van der Waals surface area (Å²) in [6.07, 6.45) is 8.25. The van der Waals surface area contributed by atoms with Crippen LogP contribution < -0.4 is 9.64 Å². The number of esters is 3. The van der Waals surface area contributed by atoms with Crippen molar-refractivity contribution in [2.24, 2.45) is 11.3 Å². The molecule has 1 aromatic heterocycles. The van der Waals surface area contributed by atoms with Gasteiger partial charge in [-0.15, -0.1) is 0 Å². The van der Waals surface area contributed by atoms with Crippen LogP contribution in [-0.4, -0.2) is 123 Å². The van der Waals surface area contributed by atoms with E-state index in [1.54, 1.807) is 7.11 Å². The van der Waals surface area contributed by atoms with E-state index in [-0.39, 0.29) is 17.9 Å². The van der Waals surface area contributed by atoms with E-state index in [0.717, 1.165) is 65.9 Å². The fraction of sp³-hybridized carbons (Fsp3) is 0.543. The van der Waals surface area contributed by atoms with Crippen molar-refractivity contribution in [2.45, 2.75) is 87.5 Å². The molecule has 2 saturated heterocycles. The molecule has 9 rings (SSSR count). The Hall–Kier alpha value is -4.65. The van der Waals surface area contributed by atoms with Gasteiger partial charge in [-0.25, -0.2) is 4.79 Å². The highest BCUT2D eigenvalue weighted by Gasteiger charge is 2.80. The van der Waals surface area contributed by atoms with Gasteiger partial charge in [0.25, 0.3) is 0 Å². The predicted octanol–water partition coefficient (Wildman–Crippen LogP) is 4.80. The molecule has 2 aromatic carbocycles. The van der Waals surface area contributed by atoms with Crippen molar-refractivity contribution < 1.29 is 38.4 Å². The molecule has 1 saturated carbocycles. The number of hydrogen-bond donors (Lipinski definition) is 2. The SMILES string of the molecule is C/C=C1\CC2CN(CCc3c([nH]c4ccccc34)[C@@](C(=O)OC)(c3cc4c(cc3OC)N(C)[C@H]3C(O)(C(=O)OC)[C@H](OC(C)=O)[C@]5(CC)C=CCN6CC[C@]43[C@@H]65)C2)C1. The Morgan fingerprint density at radius 1 is 1.03 bits per heavy atom. The lowest BCUT2D eigenvalue weighted by Crippen LogP contribution is -2.81. The van der Waals surface area contributed by atoms with Crippen molar-refractivity contribution >= 4 is 34.5 Å². The minimum atomic E-state index is -2.28. The largest absolute Gasteiger partial charge is 0.496 e. The number of aliphatic hydroxyl groups is 1. The third-order valence-electron chi connectivity index (χ3n) is 15.1. The standard InChI is InChI=1S/C46H56N4O8/c1-8-28-21-29-24-45(41(52)56-6,37-31(15-19-49(25-28)26-29)30-13-10-11-14-34(30)47-37)33-22-32-35(23-36(33)55-5)48(4)39-44(32)17-20-50-18-12-16-43(9-2,38(44)50)40(58-27(3)51)46(39,54)42(53)57-7/h8,10-14,16,22-23,29,38-40,47,54H,9,15,17-21,24-26H2,1-7H3/b28-8+/t29?,38-,39+,40+,43+,44+,45-,46?/m0/s1. The first-order chi connectivity index (χ1) is 27.9. The summed E-state index contributed by atoms with van der Waals surface area (Å²) >= 11 is 0. The molecule has 0 radical (unpaired) electrons. The molecule has 3 fully saturated rings. The van der Waals surface area contributed by atoms with Crippen LogP contribution in [0.4, 0.5) is 5.69 Å². The number of carbonyl (C=O) groups excluding carboxylic acids is 3. The first-order valence-corrected chi connectivity index (χ1v) is 20.8. The molecule has 3 aromatic rings. The molecular weight excluding hydrogens is 737 g/mol. The van der Waals surface area contributed by atoms with Gasteiger partial charge in [0.15, 0.2) is 6.10 Å². The van der Waals surface area contributed by atoms with E-state index >= 15 is 4.79 Å². The Kier molecular flexibility index (Phi) is 9.18. The third kappa shape index (κ3) is 4.94. The van der Waals surface area contributed by atoms with Crippen LogP contribution in [0.25, 0.3) is 10.9 Å². The van der Waals surface area contributed by atoms with E-state index in [9.17, 15) is 14.7 Å². The number of aromatic nitrogens is 1. The van der Waals surface area contributed by atoms with Gasteiger partial charge in [0.2, 0.25) is 5.60 Å². The van der Waals surface area contributed by atoms with Crippen molar-refractivity contribution in [3.63, 3.8) is 0 Å². The molecular formula is C46H56N4O8. The second-order valence-electron chi connectivity index (χ2n) is 17.6. The van der Waals surface area contributed by atoms with Gasteiger partial charge in [-0.05, 0) is 74.8 Å². The summed E-state index contributed by atoms with van der Waals surface area (Å²) in [7, 11) is 6.25. The van der Waals surface area contributed by atoms with Crippen LogP contribution in [0.3, 0.4) is 0 Å². The van der Waals surface area contributed by atoms with Crippen LogP contribution in [0.2, 0.25) is 0 Å². The topological polar surface area (TPSA) is 134 Å². The van der Waals surface area contributed by atoms with E-state index < -0.39 is 45.9 Å².